The number of carbonyl (C=O) groups is 1. The molecule has 1 aliphatic rings. The number of nitrogens with one attached hydrogen (secondary N) is 2. The molecule has 76 valence electrons. The molecule has 14 heavy (non-hydrogen) atoms. The highest BCUT2D eigenvalue weighted by Gasteiger charge is 2.15. The first-order valence-corrected chi connectivity index (χ1v) is 5.76. The first kappa shape index (κ1) is 9.68. The molecule has 0 radical (unpaired) electrons. The van der Waals surface area contributed by atoms with Crippen molar-refractivity contribution in [2.24, 2.45) is 5.92 Å². The van der Waals surface area contributed by atoms with Crippen LogP contribution in [0, 0.1) is 5.92 Å². The van der Waals surface area contributed by atoms with Crippen molar-refractivity contribution in [2.45, 2.75) is 6.42 Å². The lowest BCUT2D eigenvalue weighted by atomic mass is 10.1. The van der Waals surface area contributed by atoms with Crippen LogP contribution in [0.2, 0.25) is 0 Å². The second-order valence-corrected chi connectivity index (χ2v) is 4.49. The van der Waals surface area contributed by atoms with Crippen molar-refractivity contribution >= 4 is 17.2 Å². The van der Waals surface area contributed by atoms with E-state index in [9.17, 15) is 4.79 Å². The lowest BCUT2D eigenvalue weighted by Gasteiger charge is -2.08. The molecular weight excluding hydrogens is 196 g/mol. The molecule has 1 aromatic rings. The van der Waals surface area contributed by atoms with E-state index in [1.165, 1.54) is 17.8 Å². The lowest BCUT2D eigenvalue weighted by Crippen LogP contribution is -2.29. The van der Waals surface area contributed by atoms with E-state index in [1.807, 2.05) is 17.5 Å². The van der Waals surface area contributed by atoms with E-state index in [-0.39, 0.29) is 5.91 Å². The standard InChI is InChI=1S/C10H14N2OS/c13-10(9-2-1-5-14-9)12-7-8-3-4-11-6-8/h1-2,5,8,11H,3-4,6-7H2,(H,12,13)/t8-/m0/s1. The normalized spacial score (nSPS) is 21.0. The van der Waals surface area contributed by atoms with E-state index < -0.39 is 0 Å². The minimum absolute atomic E-state index is 0.0619. The van der Waals surface area contributed by atoms with E-state index in [1.54, 1.807) is 0 Å². The van der Waals surface area contributed by atoms with Crippen molar-refractivity contribution in [3.8, 4) is 0 Å². The Labute approximate surface area is 87.5 Å². The SMILES string of the molecule is O=C(NC[C@H]1CCNC1)c1cccs1. The molecule has 1 aromatic heterocycles. The van der Waals surface area contributed by atoms with E-state index in [0.717, 1.165) is 24.5 Å². The van der Waals surface area contributed by atoms with E-state index in [2.05, 4.69) is 10.6 Å². The molecule has 2 N–H and O–H groups in total. The monoisotopic (exact) mass is 210 g/mol. The van der Waals surface area contributed by atoms with Gasteiger partial charge in [0.05, 0.1) is 4.88 Å². The summed E-state index contributed by atoms with van der Waals surface area (Å²) in [6.45, 7) is 2.91. The van der Waals surface area contributed by atoms with Gasteiger partial charge in [-0.1, -0.05) is 6.07 Å². The summed E-state index contributed by atoms with van der Waals surface area (Å²) in [5.74, 6) is 0.672. The van der Waals surface area contributed by atoms with Crippen LogP contribution in [-0.4, -0.2) is 25.5 Å². The zero-order valence-corrected chi connectivity index (χ0v) is 8.77. The van der Waals surface area contributed by atoms with Crippen LogP contribution < -0.4 is 10.6 Å². The number of carbonyl (C=O) groups excluding carboxylic acids is 1. The minimum Gasteiger partial charge on any atom is -0.351 e. The van der Waals surface area contributed by atoms with Crippen LogP contribution in [0.1, 0.15) is 16.1 Å². The summed E-state index contributed by atoms with van der Waals surface area (Å²) in [5, 5.41) is 8.16. The van der Waals surface area contributed by atoms with Crippen LogP contribution >= 0.6 is 11.3 Å². The van der Waals surface area contributed by atoms with Gasteiger partial charge in [-0.25, -0.2) is 0 Å². The van der Waals surface area contributed by atoms with Gasteiger partial charge in [0, 0.05) is 6.54 Å². The molecule has 4 heteroatoms. The predicted molar refractivity (Wildman–Crippen MR) is 57.6 cm³/mol. The predicted octanol–water partition coefficient (Wildman–Crippen LogP) is 1.09. The van der Waals surface area contributed by atoms with Crippen LogP contribution in [0.25, 0.3) is 0 Å². The average molecular weight is 210 g/mol. The summed E-state index contributed by atoms with van der Waals surface area (Å²) in [4.78, 5) is 12.3. The molecule has 0 bridgehead atoms. The zero-order chi connectivity index (χ0) is 9.80. The van der Waals surface area contributed by atoms with Gasteiger partial charge in [0.2, 0.25) is 0 Å². The summed E-state index contributed by atoms with van der Waals surface area (Å²) in [5.41, 5.74) is 0. The summed E-state index contributed by atoms with van der Waals surface area (Å²) in [6.07, 6.45) is 1.17. The number of hydrogen-bond acceptors (Lipinski definition) is 3. The summed E-state index contributed by atoms with van der Waals surface area (Å²) >= 11 is 1.49. The second kappa shape index (κ2) is 4.57. The third-order valence-corrected chi connectivity index (χ3v) is 3.33. The van der Waals surface area contributed by atoms with Crippen molar-refractivity contribution < 1.29 is 4.79 Å². The topological polar surface area (TPSA) is 41.1 Å². The molecule has 0 saturated carbocycles. The van der Waals surface area contributed by atoms with Crippen LogP contribution in [0.15, 0.2) is 17.5 Å². The molecule has 0 spiro atoms. The molecule has 1 fully saturated rings. The van der Waals surface area contributed by atoms with Crippen LogP contribution in [0.3, 0.4) is 0 Å². The molecule has 0 aromatic carbocycles. The fourth-order valence-corrected chi connectivity index (χ4v) is 2.26. The van der Waals surface area contributed by atoms with Gasteiger partial charge in [-0.2, -0.15) is 0 Å². The summed E-state index contributed by atoms with van der Waals surface area (Å²) in [6, 6.07) is 3.75. The van der Waals surface area contributed by atoms with Gasteiger partial charge in [-0.05, 0) is 36.9 Å². The van der Waals surface area contributed by atoms with Crippen LogP contribution in [0.4, 0.5) is 0 Å². The van der Waals surface area contributed by atoms with Crippen LogP contribution in [-0.2, 0) is 0 Å². The first-order valence-electron chi connectivity index (χ1n) is 4.88. The molecule has 0 unspecified atom stereocenters. The van der Waals surface area contributed by atoms with E-state index in [4.69, 9.17) is 0 Å². The van der Waals surface area contributed by atoms with Gasteiger partial charge in [0.1, 0.15) is 0 Å². The molecule has 2 rings (SSSR count). The molecule has 1 aliphatic heterocycles. The Balaban J connectivity index is 1.78. The minimum atomic E-state index is 0.0619. The second-order valence-electron chi connectivity index (χ2n) is 3.55. The largest absolute Gasteiger partial charge is 0.351 e. The third-order valence-electron chi connectivity index (χ3n) is 2.46. The molecule has 1 amide bonds. The maximum absolute atomic E-state index is 11.5. The van der Waals surface area contributed by atoms with Crippen molar-refractivity contribution in [3.05, 3.63) is 22.4 Å². The van der Waals surface area contributed by atoms with Gasteiger partial charge < -0.3 is 10.6 Å². The summed E-state index contributed by atoms with van der Waals surface area (Å²) in [7, 11) is 0. The zero-order valence-electron chi connectivity index (χ0n) is 7.95. The Morgan fingerprint density at radius 1 is 1.71 bits per heavy atom. The van der Waals surface area contributed by atoms with E-state index in [0.29, 0.717) is 5.92 Å². The maximum atomic E-state index is 11.5. The first-order chi connectivity index (χ1) is 6.86. The van der Waals surface area contributed by atoms with Gasteiger partial charge in [0.15, 0.2) is 0 Å². The fourth-order valence-electron chi connectivity index (χ4n) is 1.62. The number of hydrogen-bond donors (Lipinski definition) is 2. The smallest absolute Gasteiger partial charge is 0.261 e. The van der Waals surface area contributed by atoms with Crippen LogP contribution in [0.5, 0.6) is 0 Å². The Morgan fingerprint density at radius 3 is 3.29 bits per heavy atom. The molecular formula is C10H14N2OS. The molecule has 3 nitrogen and oxygen atoms in total. The third kappa shape index (κ3) is 2.33. The fraction of sp³-hybridized carbons (Fsp3) is 0.500. The maximum Gasteiger partial charge on any atom is 0.261 e. The quantitative estimate of drug-likeness (QED) is 0.784. The van der Waals surface area contributed by atoms with Gasteiger partial charge in [-0.3, -0.25) is 4.79 Å². The van der Waals surface area contributed by atoms with Gasteiger partial charge >= 0.3 is 0 Å². The Kier molecular flexibility index (Phi) is 3.16. The van der Waals surface area contributed by atoms with Crippen molar-refractivity contribution in [2.75, 3.05) is 19.6 Å². The Hall–Kier alpha value is -0.870. The van der Waals surface area contributed by atoms with Gasteiger partial charge in [0.25, 0.3) is 5.91 Å². The van der Waals surface area contributed by atoms with Crippen molar-refractivity contribution in [3.63, 3.8) is 0 Å². The Morgan fingerprint density at radius 2 is 2.64 bits per heavy atom. The highest BCUT2D eigenvalue weighted by Crippen LogP contribution is 2.09. The number of rotatable bonds is 3. The highest BCUT2D eigenvalue weighted by atomic mass is 32.1. The lowest BCUT2D eigenvalue weighted by molar-refractivity contribution is 0.0952. The number of thiophene rings is 1. The van der Waals surface area contributed by atoms with Crippen molar-refractivity contribution in [1.82, 2.24) is 10.6 Å². The number of amides is 1. The Bertz CT molecular complexity index is 291. The molecule has 1 saturated heterocycles. The van der Waals surface area contributed by atoms with Crippen molar-refractivity contribution in [1.29, 1.82) is 0 Å². The molecule has 0 aliphatic carbocycles. The van der Waals surface area contributed by atoms with E-state index >= 15 is 0 Å². The molecule has 1 atom stereocenters. The molecule has 2 heterocycles. The highest BCUT2D eigenvalue weighted by molar-refractivity contribution is 7.12. The average Bonchev–Trinajstić information content (AvgIpc) is 2.87. The summed E-state index contributed by atoms with van der Waals surface area (Å²) < 4.78 is 0. The van der Waals surface area contributed by atoms with Gasteiger partial charge in [-0.15, -0.1) is 11.3 Å².